The van der Waals surface area contributed by atoms with Gasteiger partial charge >= 0.3 is 5.97 Å². The Morgan fingerprint density at radius 2 is 1.68 bits per heavy atom. The number of benzene rings is 2. The summed E-state index contributed by atoms with van der Waals surface area (Å²) in [5, 5.41) is 0.781. The molecule has 6 nitrogen and oxygen atoms in total. The summed E-state index contributed by atoms with van der Waals surface area (Å²) in [4.78, 5) is 45.9. The monoisotopic (exact) mass is 336 g/mol. The summed E-state index contributed by atoms with van der Waals surface area (Å²) in [6.07, 6.45) is 1.44. The number of hydrogen-bond donors (Lipinski definition) is 0. The van der Waals surface area contributed by atoms with Crippen LogP contribution >= 0.6 is 0 Å². The van der Waals surface area contributed by atoms with Gasteiger partial charge in [-0.1, -0.05) is 23.3 Å². The van der Waals surface area contributed by atoms with Crippen molar-refractivity contribution in [2.24, 2.45) is 0 Å². The first-order valence-corrected chi connectivity index (χ1v) is 7.30. The van der Waals surface area contributed by atoms with Gasteiger partial charge in [-0.25, -0.2) is 9.18 Å². The van der Waals surface area contributed by atoms with Gasteiger partial charge in [-0.05, 0) is 30.3 Å². The van der Waals surface area contributed by atoms with Crippen LogP contribution in [0.15, 0.2) is 54.7 Å². The van der Waals surface area contributed by atoms with Crippen LogP contribution in [0.3, 0.4) is 0 Å². The maximum atomic E-state index is 13.8. The summed E-state index contributed by atoms with van der Waals surface area (Å²) in [5.74, 6) is -3.20. The number of halogens is 1. The van der Waals surface area contributed by atoms with Gasteiger partial charge in [0.1, 0.15) is 5.82 Å². The van der Waals surface area contributed by atoms with E-state index >= 15 is 0 Å². The summed E-state index contributed by atoms with van der Waals surface area (Å²) in [7, 11) is 0. The largest absolute Gasteiger partial charge is 0.366 e. The molecule has 0 spiro atoms. The molecule has 7 heteroatoms. The number of nitrogens with zero attached hydrogens (tertiary/aromatic N) is 2. The van der Waals surface area contributed by atoms with E-state index in [0.29, 0.717) is 10.4 Å². The lowest BCUT2D eigenvalue weighted by Gasteiger charge is -2.13. The summed E-state index contributed by atoms with van der Waals surface area (Å²) in [5.41, 5.74) is 0.322. The highest BCUT2D eigenvalue weighted by Crippen LogP contribution is 2.25. The van der Waals surface area contributed by atoms with Crippen molar-refractivity contribution in [1.82, 2.24) is 10.0 Å². The summed E-state index contributed by atoms with van der Waals surface area (Å²) >= 11 is 0. The molecule has 3 aromatic rings. The van der Waals surface area contributed by atoms with Crippen molar-refractivity contribution in [2.75, 3.05) is 0 Å². The lowest BCUT2D eigenvalue weighted by molar-refractivity contribution is -0.0583. The number of carbonyl (C=O) groups excluding carboxylic acids is 3. The molecule has 25 heavy (non-hydrogen) atoms. The fourth-order valence-electron chi connectivity index (χ4n) is 2.69. The first kappa shape index (κ1) is 14.9. The van der Waals surface area contributed by atoms with E-state index in [1.54, 1.807) is 24.3 Å². The predicted molar refractivity (Wildman–Crippen MR) is 84.1 cm³/mol. The molecule has 0 radical (unpaired) electrons. The normalized spacial score (nSPS) is 13.2. The number of carbonyl (C=O) groups is 3. The molecule has 0 bridgehead atoms. The van der Waals surface area contributed by atoms with Crippen molar-refractivity contribution in [3.8, 4) is 0 Å². The van der Waals surface area contributed by atoms with E-state index in [9.17, 15) is 18.8 Å². The lowest BCUT2D eigenvalue weighted by Crippen LogP contribution is -2.32. The molecule has 0 fully saturated rings. The molecule has 1 aliphatic rings. The molecular formula is C18H9FN2O4. The molecule has 1 aliphatic heterocycles. The first-order chi connectivity index (χ1) is 12.1. The van der Waals surface area contributed by atoms with Crippen molar-refractivity contribution in [3.05, 3.63) is 77.2 Å². The molecule has 2 aromatic carbocycles. The molecule has 4 rings (SSSR count). The third-order valence-corrected chi connectivity index (χ3v) is 3.82. The Kier molecular flexibility index (Phi) is 3.28. The smallest absolute Gasteiger partial charge is 0.324 e. The Bertz CT molecular complexity index is 1030. The highest BCUT2D eigenvalue weighted by molar-refractivity contribution is 6.21. The molecule has 122 valence electrons. The fraction of sp³-hybridized carbons (Fsp3) is 0. The molecule has 0 saturated heterocycles. The Labute approximate surface area is 140 Å². The summed E-state index contributed by atoms with van der Waals surface area (Å²) in [6, 6.07) is 11.5. The van der Waals surface area contributed by atoms with E-state index in [1.165, 1.54) is 24.4 Å². The van der Waals surface area contributed by atoms with Crippen molar-refractivity contribution < 1.29 is 23.6 Å². The van der Waals surface area contributed by atoms with Crippen LogP contribution in [-0.4, -0.2) is 27.8 Å². The number of hydroxylamine groups is 2. The van der Waals surface area contributed by atoms with E-state index in [1.807, 2.05) is 0 Å². The minimum absolute atomic E-state index is 0.141. The Balaban J connectivity index is 1.70. The number of pyridine rings is 1. The molecule has 0 aliphatic carbocycles. The van der Waals surface area contributed by atoms with Crippen LogP contribution < -0.4 is 0 Å². The second-order valence-corrected chi connectivity index (χ2v) is 5.36. The second-order valence-electron chi connectivity index (χ2n) is 5.36. The van der Waals surface area contributed by atoms with Gasteiger partial charge in [-0.3, -0.25) is 14.6 Å². The molecule has 0 saturated carbocycles. The van der Waals surface area contributed by atoms with Gasteiger partial charge in [0.05, 0.1) is 22.2 Å². The van der Waals surface area contributed by atoms with E-state index in [0.717, 1.165) is 6.07 Å². The Hall–Kier alpha value is -3.61. The van der Waals surface area contributed by atoms with Crippen molar-refractivity contribution >= 4 is 28.7 Å². The predicted octanol–water partition coefficient (Wildman–Crippen LogP) is 2.74. The average molecular weight is 336 g/mol. The maximum absolute atomic E-state index is 13.8. The van der Waals surface area contributed by atoms with Gasteiger partial charge in [0, 0.05) is 11.6 Å². The Morgan fingerprint density at radius 3 is 2.36 bits per heavy atom. The van der Waals surface area contributed by atoms with Gasteiger partial charge in [0.15, 0.2) is 0 Å². The second kappa shape index (κ2) is 5.48. The zero-order chi connectivity index (χ0) is 17.6. The minimum atomic E-state index is -1.04. The van der Waals surface area contributed by atoms with Crippen LogP contribution in [0.2, 0.25) is 0 Å². The number of hydrogen-bond acceptors (Lipinski definition) is 5. The maximum Gasteiger partial charge on any atom is 0.366 e. The molecule has 0 atom stereocenters. The number of amides is 2. The summed E-state index contributed by atoms with van der Waals surface area (Å²) in [6.45, 7) is 0. The quantitative estimate of drug-likeness (QED) is 0.673. The zero-order valence-electron chi connectivity index (χ0n) is 12.6. The van der Waals surface area contributed by atoms with Gasteiger partial charge in [0.2, 0.25) is 0 Å². The topological polar surface area (TPSA) is 76.6 Å². The van der Waals surface area contributed by atoms with Gasteiger partial charge < -0.3 is 4.84 Å². The fourth-order valence-corrected chi connectivity index (χ4v) is 2.69. The standard InChI is InChI=1S/C18H9FN2O4/c19-11-8-10-4-3-7-20-15(10)14(9-11)18(24)25-21-16(22)12-5-1-2-6-13(12)17(21)23/h1-9H. The lowest BCUT2D eigenvalue weighted by atomic mass is 10.1. The molecule has 2 heterocycles. The number of rotatable bonds is 2. The zero-order valence-corrected chi connectivity index (χ0v) is 12.6. The van der Waals surface area contributed by atoms with E-state index < -0.39 is 23.6 Å². The van der Waals surface area contributed by atoms with Crippen LogP contribution in [0.5, 0.6) is 0 Å². The van der Waals surface area contributed by atoms with E-state index in [2.05, 4.69) is 4.98 Å². The molecule has 1 aromatic heterocycles. The molecule has 0 unspecified atom stereocenters. The molecule has 0 N–H and O–H groups in total. The van der Waals surface area contributed by atoms with Crippen molar-refractivity contribution in [3.63, 3.8) is 0 Å². The van der Waals surface area contributed by atoms with Crippen molar-refractivity contribution in [2.45, 2.75) is 0 Å². The van der Waals surface area contributed by atoms with Crippen LogP contribution in [0.25, 0.3) is 10.9 Å². The van der Waals surface area contributed by atoms with Crippen LogP contribution in [0, 0.1) is 5.82 Å². The van der Waals surface area contributed by atoms with Gasteiger partial charge in [-0.15, -0.1) is 0 Å². The molecule has 2 amide bonds. The highest BCUT2D eigenvalue weighted by atomic mass is 19.1. The van der Waals surface area contributed by atoms with Crippen LogP contribution in [0.1, 0.15) is 31.1 Å². The van der Waals surface area contributed by atoms with Crippen molar-refractivity contribution in [1.29, 1.82) is 0 Å². The van der Waals surface area contributed by atoms with Gasteiger partial charge in [-0.2, -0.15) is 0 Å². The number of fused-ring (bicyclic) bond motifs is 2. The average Bonchev–Trinajstić information content (AvgIpc) is 2.86. The first-order valence-electron chi connectivity index (χ1n) is 7.30. The summed E-state index contributed by atoms with van der Waals surface area (Å²) < 4.78 is 13.8. The van der Waals surface area contributed by atoms with E-state index in [4.69, 9.17) is 4.84 Å². The third kappa shape index (κ3) is 2.33. The molecular weight excluding hydrogens is 327 g/mol. The minimum Gasteiger partial charge on any atom is -0.324 e. The van der Waals surface area contributed by atoms with E-state index in [-0.39, 0.29) is 22.2 Å². The van der Waals surface area contributed by atoms with Gasteiger partial charge in [0.25, 0.3) is 11.8 Å². The van der Waals surface area contributed by atoms with Crippen LogP contribution in [0.4, 0.5) is 4.39 Å². The number of imide groups is 1. The van der Waals surface area contributed by atoms with Crippen LogP contribution in [-0.2, 0) is 4.84 Å². The SMILES string of the molecule is O=C(ON1C(=O)c2ccccc2C1=O)c1cc(F)cc2cccnc12. The number of aromatic nitrogens is 1. The third-order valence-electron chi connectivity index (χ3n) is 3.82. The highest BCUT2D eigenvalue weighted by Gasteiger charge is 2.39. The Morgan fingerprint density at radius 1 is 1.00 bits per heavy atom.